The third-order valence-electron chi connectivity index (χ3n) is 3.26. The van der Waals surface area contributed by atoms with E-state index in [4.69, 9.17) is 9.57 Å². The summed E-state index contributed by atoms with van der Waals surface area (Å²) in [7, 11) is 0. The Kier molecular flexibility index (Phi) is 4.79. The Hall–Kier alpha value is -1.56. The van der Waals surface area contributed by atoms with Crippen LogP contribution in [0.1, 0.15) is 39.0 Å². The topological polar surface area (TPSA) is 76.7 Å². The Balaban J connectivity index is 1.86. The van der Waals surface area contributed by atoms with Crippen LogP contribution in [0.25, 0.3) is 0 Å². The number of hydrogen-bond acceptors (Lipinski definition) is 5. The Morgan fingerprint density at radius 3 is 3.16 bits per heavy atom. The minimum atomic E-state index is -0.407. The lowest BCUT2D eigenvalue weighted by atomic mass is 10.0. The third kappa shape index (κ3) is 3.96. The summed E-state index contributed by atoms with van der Waals surface area (Å²) < 4.78 is 4.88. The van der Waals surface area contributed by atoms with Crippen LogP contribution in [0.5, 0.6) is 0 Å². The maximum Gasteiger partial charge on any atom is 0.356 e. The second-order valence-electron chi connectivity index (χ2n) is 4.81. The quantitative estimate of drug-likeness (QED) is 0.737. The van der Waals surface area contributed by atoms with Crippen molar-refractivity contribution in [2.75, 3.05) is 6.61 Å². The zero-order valence-corrected chi connectivity index (χ0v) is 11.1. The normalized spacial score (nSPS) is 27.0. The number of nitrogens with one attached hydrogen (secondary N) is 2. The van der Waals surface area contributed by atoms with Gasteiger partial charge in [-0.3, -0.25) is 15.1 Å². The number of amides is 1. The maximum atomic E-state index is 11.5. The van der Waals surface area contributed by atoms with E-state index in [0.29, 0.717) is 25.1 Å². The Labute approximate surface area is 112 Å². The number of hydrogen-bond donors (Lipinski definition) is 2. The van der Waals surface area contributed by atoms with E-state index in [0.717, 1.165) is 19.3 Å². The van der Waals surface area contributed by atoms with Crippen LogP contribution in [-0.4, -0.2) is 30.6 Å². The van der Waals surface area contributed by atoms with E-state index >= 15 is 0 Å². The molecule has 2 aliphatic heterocycles. The molecule has 0 radical (unpaired) electrons. The summed E-state index contributed by atoms with van der Waals surface area (Å²) in [6.45, 7) is 2.09. The average Bonchev–Trinajstić information content (AvgIpc) is 2.73. The molecular formula is C13H20N2O4. The van der Waals surface area contributed by atoms with Gasteiger partial charge in [0.15, 0.2) is 0 Å². The monoisotopic (exact) mass is 268 g/mol. The highest BCUT2D eigenvalue weighted by atomic mass is 16.7. The SMILES string of the molecule is CCOC(=O)C1=CC(CC2CCCCC(=O)N2)ON1. The average molecular weight is 268 g/mol. The molecule has 2 rings (SSSR count). The molecule has 1 fully saturated rings. The smallest absolute Gasteiger partial charge is 0.356 e. The lowest BCUT2D eigenvalue weighted by molar-refractivity contribution is -0.140. The van der Waals surface area contributed by atoms with Crippen LogP contribution in [0.15, 0.2) is 11.8 Å². The summed E-state index contributed by atoms with van der Waals surface area (Å²) in [4.78, 5) is 28.3. The van der Waals surface area contributed by atoms with Crippen LogP contribution in [0.2, 0.25) is 0 Å². The van der Waals surface area contributed by atoms with E-state index in [2.05, 4.69) is 10.8 Å². The molecule has 106 valence electrons. The van der Waals surface area contributed by atoms with Crippen LogP contribution < -0.4 is 10.8 Å². The van der Waals surface area contributed by atoms with Crippen molar-refractivity contribution >= 4 is 11.9 Å². The van der Waals surface area contributed by atoms with Crippen LogP contribution in [0.4, 0.5) is 0 Å². The molecular weight excluding hydrogens is 248 g/mol. The lowest BCUT2D eigenvalue weighted by Crippen LogP contribution is -2.35. The molecule has 0 aromatic heterocycles. The summed E-state index contributed by atoms with van der Waals surface area (Å²) in [5.74, 6) is -0.307. The van der Waals surface area contributed by atoms with Gasteiger partial charge >= 0.3 is 5.97 Å². The van der Waals surface area contributed by atoms with Gasteiger partial charge in [0.2, 0.25) is 5.91 Å². The minimum absolute atomic E-state index is 0.100. The van der Waals surface area contributed by atoms with Crippen molar-refractivity contribution in [1.82, 2.24) is 10.8 Å². The summed E-state index contributed by atoms with van der Waals surface area (Å²) in [6.07, 6.45) is 5.71. The molecule has 2 aliphatic rings. The van der Waals surface area contributed by atoms with Crippen molar-refractivity contribution in [3.63, 3.8) is 0 Å². The van der Waals surface area contributed by atoms with Crippen LogP contribution >= 0.6 is 0 Å². The van der Waals surface area contributed by atoms with E-state index in [1.807, 2.05) is 0 Å². The van der Waals surface area contributed by atoms with Crippen molar-refractivity contribution in [2.45, 2.75) is 51.2 Å². The van der Waals surface area contributed by atoms with Gasteiger partial charge in [-0.15, -0.1) is 0 Å². The number of ether oxygens (including phenoxy) is 1. The minimum Gasteiger partial charge on any atom is -0.461 e. The number of hydroxylamine groups is 1. The van der Waals surface area contributed by atoms with Gasteiger partial charge in [-0.25, -0.2) is 4.79 Å². The molecule has 1 amide bonds. The molecule has 0 spiro atoms. The first kappa shape index (κ1) is 13.9. The summed E-state index contributed by atoms with van der Waals surface area (Å²) in [6, 6.07) is 0.111. The number of esters is 1. The zero-order chi connectivity index (χ0) is 13.7. The molecule has 2 unspecified atom stereocenters. The molecule has 19 heavy (non-hydrogen) atoms. The van der Waals surface area contributed by atoms with Gasteiger partial charge in [0.1, 0.15) is 11.8 Å². The van der Waals surface area contributed by atoms with Crippen molar-refractivity contribution in [2.24, 2.45) is 0 Å². The largest absolute Gasteiger partial charge is 0.461 e. The summed E-state index contributed by atoms with van der Waals surface area (Å²) >= 11 is 0. The molecule has 2 N–H and O–H groups in total. The first-order valence-electron chi connectivity index (χ1n) is 6.79. The predicted molar refractivity (Wildman–Crippen MR) is 67.7 cm³/mol. The van der Waals surface area contributed by atoms with E-state index in [1.165, 1.54) is 0 Å². The molecule has 0 bridgehead atoms. The van der Waals surface area contributed by atoms with Crippen LogP contribution in [-0.2, 0) is 19.2 Å². The lowest BCUT2D eigenvalue weighted by Gasteiger charge is -2.18. The molecule has 0 aromatic rings. The first-order valence-corrected chi connectivity index (χ1v) is 6.79. The van der Waals surface area contributed by atoms with E-state index in [9.17, 15) is 9.59 Å². The van der Waals surface area contributed by atoms with Gasteiger partial charge in [0.25, 0.3) is 0 Å². The maximum absolute atomic E-state index is 11.5. The Bertz CT molecular complexity index is 381. The van der Waals surface area contributed by atoms with E-state index < -0.39 is 5.97 Å². The summed E-state index contributed by atoms with van der Waals surface area (Å²) in [5, 5.41) is 2.98. The van der Waals surface area contributed by atoms with Gasteiger partial charge < -0.3 is 10.1 Å². The second kappa shape index (κ2) is 6.56. The van der Waals surface area contributed by atoms with Crippen LogP contribution in [0, 0.1) is 0 Å². The molecule has 6 nitrogen and oxygen atoms in total. The van der Waals surface area contributed by atoms with Crippen LogP contribution in [0.3, 0.4) is 0 Å². The second-order valence-corrected chi connectivity index (χ2v) is 4.81. The molecule has 6 heteroatoms. The molecule has 2 heterocycles. The van der Waals surface area contributed by atoms with Gasteiger partial charge in [-0.1, -0.05) is 6.42 Å². The summed E-state index contributed by atoms with van der Waals surface area (Å²) in [5.41, 5.74) is 2.92. The third-order valence-corrected chi connectivity index (χ3v) is 3.26. The Morgan fingerprint density at radius 2 is 2.37 bits per heavy atom. The molecule has 0 aliphatic carbocycles. The first-order chi connectivity index (χ1) is 9.19. The number of carbonyl (C=O) groups excluding carboxylic acids is 2. The zero-order valence-electron chi connectivity index (χ0n) is 11.1. The van der Waals surface area contributed by atoms with Gasteiger partial charge in [0, 0.05) is 18.9 Å². The van der Waals surface area contributed by atoms with Gasteiger partial charge in [-0.2, -0.15) is 0 Å². The number of rotatable bonds is 4. The van der Waals surface area contributed by atoms with Crippen molar-refractivity contribution < 1.29 is 19.2 Å². The highest BCUT2D eigenvalue weighted by Crippen LogP contribution is 2.18. The van der Waals surface area contributed by atoms with E-state index in [-0.39, 0.29) is 18.1 Å². The van der Waals surface area contributed by atoms with Crippen molar-refractivity contribution in [3.8, 4) is 0 Å². The standard InChI is InChI=1S/C13H20N2O4/c1-2-18-13(17)11-8-10(19-15-11)7-9-5-3-4-6-12(16)14-9/h8-10,15H,2-7H2,1H3,(H,14,16). The highest BCUT2D eigenvalue weighted by molar-refractivity contribution is 5.88. The van der Waals surface area contributed by atoms with E-state index in [1.54, 1.807) is 13.0 Å². The molecule has 1 saturated heterocycles. The van der Waals surface area contributed by atoms with Gasteiger partial charge in [0.05, 0.1) is 6.61 Å². The Morgan fingerprint density at radius 1 is 1.53 bits per heavy atom. The van der Waals surface area contributed by atoms with Crippen molar-refractivity contribution in [3.05, 3.63) is 11.8 Å². The molecule has 0 saturated carbocycles. The predicted octanol–water partition coefficient (Wildman–Crippen LogP) is 0.786. The van der Waals surface area contributed by atoms with Crippen molar-refractivity contribution in [1.29, 1.82) is 0 Å². The van der Waals surface area contributed by atoms with Gasteiger partial charge in [-0.05, 0) is 25.8 Å². The fourth-order valence-electron chi connectivity index (χ4n) is 2.33. The highest BCUT2D eigenvalue weighted by Gasteiger charge is 2.26. The molecule has 0 aromatic carbocycles. The molecule has 2 atom stereocenters. The fourth-order valence-corrected chi connectivity index (χ4v) is 2.33. The number of carbonyl (C=O) groups is 2. The fraction of sp³-hybridized carbons (Fsp3) is 0.692.